The normalized spacial score (nSPS) is 16.4. The molecule has 1 amide bonds. The fraction of sp³-hybridized carbons (Fsp3) is 0.312. The molecule has 1 aromatic heterocycles. The van der Waals surface area contributed by atoms with Crippen molar-refractivity contribution in [1.29, 1.82) is 0 Å². The Bertz CT molecular complexity index is 971. The van der Waals surface area contributed by atoms with Gasteiger partial charge in [-0.3, -0.25) is 4.79 Å². The quantitative estimate of drug-likeness (QED) is 0.630. The van der Waals surface area contributed by atoms with Crippen molar-refractivity contribution in [3.05, 3.63) is 46.3 Å². The molecule has 0 bridgehead atoms. The van der Waals surface area contributed by atoms with E-state index in [0.717, 1.165) is 11.3 Å². The molecule has 0 spiro atoms. The van der Waals surface area contributed by atoms with Crippen molar-refractivity contribution in [2.24, 2.45) is 0 Å². The molecule has 0 atom stereocenters. The second-order valence-corrected chi connectivity index (χ2v) is 10.8. The van der Waals surface area contributed by atoms with Gasteiger partial charge in [0.25, 0.3) is 15.9 Å². The summed E-state index contributed by atoms with van der Waals surface area (Å²) in [6.07, 6.45) is 0. The van der Waals surface area contributed by atoms with Gasteiger partial charge < -0.3 is 4.90 Å². The zero-order valence-electron chi connectivity index (χ0n) is 14.1. The smallest absolute Gasteiger partial charge is 0.336 e. The summed E-state index contributed by atoms with van der Waals surface area (Å²) in [7, 11) is -3.71. The molecule has 5 nitrogen and oxygen atoms in total. The topological polar surface area (TPSA) is 57.7 Å². The fourth-order valence-electron chi connectivity index (χ4n) is 2.72. The number of piperazine rings is 1. The molecule has 1 aromatic carbocycles. The number of carbonyl (C=O) groups is 1. The van der Waals surface area contributed by atoms with Crippen molar-refractivity contribution >= 4 is 50.6 Å². The number of carbonyl (C=O) groups excluding carboxylic acids is 1. The molecule has 1 saturated heterocycles. The van der Waals surface area contributed by atoms with E-state index in [9.17, 15) is 26.4 Å². The van der Waals surface area contributed by atoms with Crippen molar-refractivity contribution in [2.75, 3.05) is 26.2 Å². The molecule has 0 saturated carbocycles. The van der Waals surface area contributed by atoms with Crippen LogP contribution in [-0.2, 0) is 10.0 Å². The minimum atomic E-state index is -4.51. The molecular formula is C16H14ClF3N2O3S3. The molecule has 0 aliphatic carbocycles. The van der Waals surface area contributed by atoms with Crippen LogP contribution < -0.4 is 0 Å². The molecule has 0 unspecified atom stereocenters. The summed E-state index contributed by atoms with van der Waals surface area (Å²) in [6.45, 7) is 0.278. The number of hydrogen-bond donors (Lipinski definition) is 0. The Kier molecular flexibility index (Phi) is 6.30. The first-order valence-corrected chi connectivity index (χ1v) is 11.4. The number of alkyl halides is 3. The van der Waals surface area contributed by atoms with Crippen LogP contribution in [-0.4, -0.2) is 55.2 Å². The van der Waals surface area contributed by atoms with E-state index in [-0.39, 0.29) is 52.6 Å². The molecular weight excluding hydrogens is 457 g/mol. The molecule has 1 fully saturated rings. The van der Waals surface area contributed by atoms with Gasteiger partial charge in [-0.15, -0.1) is 11.3 Å². The Hall–Kier alpha value is -1.27. The van der Waals surface area contributed by atoms with Gasteiger partial charge in [0.15, 0.2) is 0 Å². The van der Waals surface area contributed by atoms with Crippen LogP contribution in [0.5, 0.6) is 0 Å². The molecule has 1 aliphatic heterocycles. The molecule has 0 N–H and O–H groups in total. The van der Waals surface area contributed by atoms with Crippen LogP contribution in [0.25, 0.3) is 0 Å². The first kappa shape index (κ1) is 21.4. The highest BCUT2D eigenvalue weighted by Crippen LogP contribution is 2.39. The largest absolute Gasteiger partial charge is 0.446 e. The van der Waals surface area contributed by atoms with E-state index in [4.69, 9.17) is 11.6 Å². The molecule has 2 heterocycles. The third kappa shape index (κ3) is 4.82. The number of sulfonamides is 1. The summed E-state index contributed by atoms with van der Waals surface area (Å²) in [5.74, 6) is -0.552. The SMILES string of the molecule is O=C(c1ccccc1SC(F)(F)F)N1CCN(S(=O)(=O)c2ccc(Cl)s2)CC1. The molecule has 12 heteroatoms. The Morgan fingerprint density at radius 3 is 2.29 bits per heavy atom. The fourth-order valence-corrected chi connectivity index (χ4v) is 6.44. The zero-order chi connectivity index (χ0) is 20.5. The van der Waals surface area contributed by atoms with E-state index in [1.54, 1.807) is 0 Å². The number of benzene rings is 1. The minimum Gasteiger partial charge on any atom is -0.336 e. The monoisotopic (exact) mass is 470 g/mol. The summed E-state index contributed by atoms with van der Waals surface area (Å²) in [5, 5.41) is 0. The van der Waals surface area contributed by atoms with Gasteiger partial charge in [0.05, 0.1) is 9.90 Å². The third-order valence-corrected chi connectivity index (χ3v) is 8.42. The van der Waals surface area contributed by atoms with E-state index in [2.05, 4.69) is 0 Å². The third-order valence-electron chi connectivity index (χ3n) is 4.01. The summed E-state index contributed by atoms with van der Waals surface area (Å²) < 4.78 is 65.1. The lowest BCUT2D eigenvalue weighted by atomic mass is 10.2. The lowest BCUT2D eigenvalue weighted by Gasteiger charge is -2.34. The van der Waals surface area contributed by atoms with Crippen LogP contribution in [0.3, 0.4) is 0 Å². The lowest BCUT2D eigenvalue weighted by molar-refractivity contribution is -0.0328. The number of nitrogens with zero attached hydrogens (tertiary/aromatic N) is 2. The Morgan fingerprint density at radius 1 is 1.07 bits per heavy atom. The highest BCUT2D eigenvalue weighted by molar-refractivity contribution is 8.00. The van der Waals surface area contributed by atoms with Crippen LogP contribution in [0.1, 0.15) is 10.4 Å². The minimum absolute atomic E-state index is 0.0498. The summed E-state index contributed by atoms with van der Waals surface area (Å²) >= 11 is 6.40. The highest BCUT2D eigenvalue weighted by atomic mass is 35.5. The average Bonchev–Trinajstić information content (AvgIpc) is 3.08. The van der Waals surface area contributed by atoms with Gasteiger partial charge in [0.2, 0.25) is 0 Å². The second-order valence-electron chi connectivity index (χ2n) is 5.80. The first-order chi connectivity index (χ1) is 13.1. The van der Waals surface area contributed by atoms with E-state index in [1.165, 1.54) is 45.6 Å². The van der Waals surface area contributed by atoms with Crippen molar-refractivity contribution in [1.82, 2.24) is 9.21 Å². The van der Waals surface area contributed by atoms with Crippen LogP contribution in [0, 0.1) is 0 Å². The van der Waals surface area contributed by atoms with E-state index < -0.39 is 21.4 Å². The van der Waals surface area contributed by atoms with E-state index in [1.807, 2.05) is 0 Å². The highest BCUT2D eigenvalue weighted by Gasteiger charge is 2.34. The Labute approximate surface area is 173 Å². The molecule has 1 aliphatic rings. The van der Waals surface area contributed by atoms with Gasteiger partial charge in [-0.25, -0.2) is 8.42 Å². The number of rotatable bonds is 4. The van der Waals surface area contributed by atoms with Crippen LogP contribution in [0.2, 0.25) is 4.34 Å². The predicted molar refractivity (Wildman–Crippen MR) is 102 cm³/mol. The van der Waals surface area contributed by atoms with E-state index >= 15 is 0 Å². The van der Waals surface area contributed by atoms with E-state index in [0.29, 0.717) is 4.34 Å². The van der Waals surface area contributed by atoms with Crippen LogP contribution in [0.15, 0.2) is 45.5 Å². The number of amides is 1. The van der Waals surface area contributed by atoms with Crippen LogP contribution >= 0.6 is 34.7 Å². The maximum atomic E-state index is 12.7. The summed E-state index contributed by atoms with van der Waals surface area (Å²) in [5.41, 5.74) is -4.56. The second kappa shape index (κ2) is 8.23. The number of halogens is 4. The van der Waals surface area contributed by atoms with Gasteiger partial charge >= 0.3 is 5.51 Å². The Morgan fingerprint density at radius 2 is 1.71 bits per heavy atom. The maximum Gasteiger partial charge on any atom is 0.446 e. The molecule has 152 valence electrons. The van der Waals surface area contributed by atoms with Crippen molar-refractivity contribution in [2.45, 2.75) is 14.6 Å². The molecule has 28 heavy (non-hydrogen) atoms. The van der Waals surface area contributed by atoms with Gasteiger partial charge in [-0.1, -0.05) is 23.7 Å². The van der Waals surface area contributed by atoms with Crippen molar-refractivity contribution in [3.8, 4) is 0 Å². The van der Waals surface area contributed by atoms with Gasteiger partial charge in [-0.05, 0) is 36.0 Å². The summed E-state index contributed by atoms with van der Waals surface area (Å²) in [6, 6.07) is 8.43. The number of thiophene rings is 1. The standard InChI is InChI=1S/C16H14ClF3N2O3S3/c17-13-5-6-14(26-13)28(24,25)22-9-7-21(8-10-22)15(23)11-3-1-2-4-12(11)27-16(18,19)20/h1-6H,7-10H2. The van der Waals surface area contributed by atoms with Crippen molar-refractivity contribution < 1.29 is 26.4 Å². The first-order valence-electron chi connectivity index (χ1n) is 7.97. The maximum absolute atomic E-state index is 12.7. The number of hydrogen-bond acceptors (Lipinski definition) is 5. The summed E-state index contributed by atoms with van der Waals surface area (Å²) in [4.78, 5) is 13.9. The van der Waals surface area contributed by atoms with Gasteiger partial charge in [0, 0.05) is 31.1 Å². The van der Waals surface area contributed by atoms with Gasteiger partial charge in [-0.2, -0.15) is 17.5 Å². The molecule has 0 radical (unpaired) electrons. The number of thioether (sulfide) groups is 1. The van der Waals surface area contributed by atoms with Gasteiger partial charge in [0.1, 0.15) is 4.21 Å². The average molecular weight is 471 g/mol. The lowest BCUT2D eigenvalue weighted by Crippen LogP contribution is -2.50. The van der Waals surface area contributed by atoms with Crippen LogP contribution in [0.4, 0.5) is 13.2 Å². The predicted octanol–water partition coefficient (Wildman–Crippen LogP) is 4.16. The zero-order valence-corrected chi connectivity index (χ0v) is 17.4. The molecule has 3 rings (SSSR count). The Balaban J connectivity index is 1.71. The molecule has 2 aromatic rings. The van der Waals surface area contributed by atoms with Crippen molar-refractivity contribution in [3.63, 3.8) is 0 Å².